The predicted octanol–water partition coefficient (Wildman–Crippen LogP) is 5.34. The Kier molecular flexibility index (Phi) is 5.49. The van der Waals surface area contributed by atoms with Crippen LogP contribution in [0.5, 0.6) is 5.75 Å². The summed E-state index contributed by atoms with van der Waals surface area (Å²) < 4.78 is 5.73. The van der Waals surface area contributed by atoms with Crippen LogP contribution in [0.25, 0.3) is 16.8 Å². The number of non-ortho nitro benzene ring substituents is 1. The summed E-state index contributed by atoms with van der Waals surface area (Å²) in [5.41, 5.74) is 1.97. The number of nitrogens with zero attached hydrogens (tertiary/aromatic N) is 3. The van der Waals surface area contributed by atoms with E-state index in [-0.39, 0.29) is 11.6 Å². The lowest BCUT2D eigenvalue weighted by atomic mass is 10.1. The minimum atomic E-state index is -0.468. The number of nitro benzene ring substituents is 1. The van der Waals surface area contributed by atoms with E-state index in [1.807, 2.05) is 49.4 Å². The van der Waals surface area contributed by atoms with E-state index in [1.165, 1.54) is 17.1 Å². The Labute approximate surface area is 179 Å². The Balaban J connectivity index is 1.72. The van der Waals surface area contributed by atoms with E-state index in [0.29, 0.717) is 34.9 Å². The number of hydrogen-bond acceptors (Lipinski definition) is 5. The SMILES string of the molecule is CCCOc1ccc([N+](=O)[O-])cc1C=C1C(=O)N(c2ccc3ccccc3c2)N=C1C. The highest BCUT2D eigenvalue weighted by atomic mass is 16.6. The van der Waals surface area contributed by atoms with Crippen LogP contribution in [0.4, 0.5) is 11.4 Å². The van der Waals surface area contributed by atoms with Crippen LogP contribution in [-0.2, 0) is 4.79 Å². The lowest BCUT2D eigenvalue weighted by molar-refractivity contribution is -0.384. The zero-order valence-electron chi connectivity index (χ0n) is 17.2. The molecule has 0 bridgehead atoms. The average Bonchev–Trinajstić information content (AvgIpc) is 3.06. The number of nitro groups is 1. The molecule has 31 heavy (non-hydrogen) atoms. The number of amides is 1. The Morgan fingerprint density at radius 1 is 1.10 bits per heavy atom. The summed E-state index contributed by atoms with van der Waals surface area (Å²) in [5.74, 6) is 0.199. The first-order valence-electron chi connectivity index (χ1n) is 9.99. The highest BCUT2D eigenvalue weighted by molar-refractivity contribution is 6.32. The van der Waals surface area contributed by atoms with Crippen LogP contribution in [0.1, 0.15) is 25.8 Å². The summed E-state index contributed by atoms with van der Waals surface area (Å²) in [6.45, 7) is 4.19. The van der Waals surface area contributed by atoms with Gasteiger partial charge in [-0.25, -0.2) is 0 Å². The third-order valence-electron chi connectivity index (χ3n) is 5.01. The first kappa shape index (κ1) is 20.3. The molecule has 0 fully saturated rings. The average molecular weight is 415 g/mol. The fourth-order valence-corrected chi connectivity index (χ4v) is 3.43. The largest absolute Gasteiger partial charge is 0.493 e. The maximum Gasteiger partial charge on any atom is 0.280 e. The standard InChI is InChI=1S/C24H21N3O4/c1-3-12-31-23-11-10-21(27(29)30)14-19(23)15-22-16(2)25-26(24(22)28)20-9-8-17-6-4-5-7-18(17)13-20/h4-11,13-15H,3,12H2,1-2H3. The maximum atomic E-state index is 13.2. The molecule has 3 aromatic carbocycles. The van der Waals surface area contributed by atoms with Crippen molar-refractivity contribution in [2.45, 2.75) is 20.3 Å². The fourth-order valence-electron chi connectivity index (χ4n) is 3.43. The molecule has 1 heterocycles. The van der Waals surface area contributed by atoms with Gasteiger partial charge in [-0.05, 0) is 48.4 Å². The Bertz CT molecular complexity index is 1250. The Morgan fingerprint density at radius 2 is 1.87 bits per heavy atom. The van der Waals surface area contributed by atoms with Gasteiger partial charge in [0, 0.05) is 17.7 Å². The summed E-state index contributed by atoms with van der Waals surface area (Å²) in [7, 11) is 0. The monoisotopic (exact) mass is 415 g/mol. The van der Waals surface area contributed by atoms with Crippen molar-refractivity contribution in [2.24, 2.45) is 5.10 Å². The van der Waals surface area contributed by atoms with E-state index in [0.717, 1.165) is 17.2 Å². The van der Waals surface area contributed by atoms with Gasteiger partial charge in [-0.15, -0.1) is 0 Å². The molecule has 0 aromatic heterocycles. The molecule has 0 unspecified atom stereocenters. The zero-order valence-corrected chi connectivity index (χ0v) is 17.2. The van der Waals surface area contributed by atoms with E-state index in [2.05, 4.69) is 5.10 Å². The van der Waals surface area contributed by atoms with Crippen molar-refractivity contribution in [3.05, 3.63) is 81.9 Å². The molecular formula is C24H21N3O4. The van der Waals surface area contributed by atoms with E-state index < -0.39 is 4.92 Å². The second kappa shape index (κ2) is 8.39. The second-order valence-electron chi connectivity index (χ2n) is 7.22. The summed E-state index contributed by atoms with van der Waals surface area (Å²) in [4.78, 5) is 23.9. The minimum Gasteiger partial charge on any atom is -0.493 e. The van der Waals surface area contributed by atoms with Crippen molar-refractivity contribution in [1.29, 1.82) is 0 Å². The smallest absolute Gasteiger partial charge is 0.280 e. The van der Waals surface area contributed by atoms with Crippen molar-refractivity contribution in [2.75, 3.05) is 11.6 Å². The zero-order chi connectivity index (χ0) is 22.0. The van der Waals surface area contributed by atoms with Gasteiger partial charge < -0.3 is 4.74 Å². The van der Waals surface area contributed by atoms with Gasteiger partial charge in [-0.3, -0.25) is 14.9 Å². The summed E-state index contributed by atoms with van der Waals surface area (Å²) >= 11 is 0. The van der Waals surface area contributed by atoms with E-state index >= 15 is 0 Å². The van der Waals surface area contributed by atoms with Crippen molar-refractivity contribution < 1.29 is 14.5 Å². The summed E-state index contributed by atoms with van der Waals surface area (Å²) in [5, 5.41) is 19.1. The van der Waals surface area contributed by atoms with Crippen LogP contribution in [0.2, 0.25) is 0 Å². The molecule has 0 saturated carbocycles. The van der Waals surface area contributed by atoms with E-state index in [9.17, 15) is 14.9 Å². The maximum absolute atomic E-state index is 13.2. The normalized spacial score (nSPS) is 14.9. The van der Waals surface area contributed by atoms with Gasteiger partial charge in [-0.2, -0.15) is 10.1 Å². The molecule has 0 saturated heterocycles. The van der Waals surface area contributed by atoms with Crippen molar-refractivity contribution in [3.8, 4) is 5.75 Å². The summed E-state index contributed by atoms with van der Waals surface area (Å²) in [6.07, 6.45) is 2.41. The molecule has 156 valence electrons. The number of carbonyl (C=O) groups excluding carboxylic acids is 1. The summed E-state index contributed by atoms with van der Waals surface area (Å²) in [6, 6.07) is 18.0. The van der Waals surface area contributed by atoms with E-state index in [4.69, 9.17) is 4.74 Å². The highest BCUT2D eigenvalue weighted by Gasteiger charge is 2.29. The quantitative estimate of drug-likeness (QED) is 0.309. The third kappa shape index (κ3) is 4.02. The van der Waals surface area contributed by atoms with Crippen LogP contribution in [0.15, 0.2) is 71.3 Å². The van der Waals surface area contributed by atoms with Crippen LogP contribution in [0.3, 0.4) is 0 Å². The van der Waals surface area contributed by atoms with E-state index in [1.54, 1.807) is 19.1 Å². The molecule has 0 N–H and O–H groups in total. The second-order valence-corrected chi connectivity index (χ2v) is 7.22. The molecule has 0 aliphatic carbocycles. The lowest BCUT2D eigenvalue weighted by Crippen LogP contribution is -2.21. The number of carbonyl (C=O) groups is 1. The molecule has 0 spiro atoms. The third-order valence-corrected chi connectivity index (χ3v) is 5.01. The number of hydrazone groups is 1. The van der Waals surface area contributed by atoms with Crippen LogP contribution in [-0.4, -0.2) is 23.1 Å². The number of rotatable bonds is 6. The van der Waals surface area contributed by atoms with Gasteiger partial charge in [0.15, 0.2) is 0 Å². The molecule has 1 aliphatic rings. The molecule has 0 radical (unpaired) electrons. The van der Waals surface area contributed by atoms with Gasteiger partial charge in [0.1, 0.15) is 5.75 Å². The molecular weight excluding hydrogens is 394 g/mol. The number of anilines is 1. The van der Waals surface area contributed by atoms with Crippen molar-refractivity contribution in [3.63, 3.8) is 0 Å². The lowest BCUT2D eigenvalue weighted by Gasteiger charge is -2.13. The van der Waals surface area contributed by atoms with Crippen LogP contribution >= 0.6 is 0 Å². The first-order valence-corrected chi connectivity index (χ1v) is 9.99. The molecule has 1 aliphatic heterocycles. The van der Waals surface area contributed by atoms with Gasteiger partial charge in [-0.1, -0.05) is 37.3 Å². The van der Waals surface area contributed by atoms with Gasteiger partial charge in [0.05, 0.1) is 28.5 Å². The molecule has 0 atom stereocenters. The first-order chi connectivity index (χ1) is 15.0. The van der Waals surface area contributed by atoms with Gasteiger partial charge in [0.2, 0.25) is 0 Å². The van der Waals surface area contributed by atoms with Gasteiger partial charge >= 0.3 is 0 Å². The number of benzene rings is 3. The molecule has 3 aromatic rings. The Morgan fingerprint density at radius 3 is 2.61 bits per heavy atom. The fraction of sp³-hybridized carbons (Fsp3) is 0.167. The van der Waals surface area contributed by atoms with Crippen LogP contribution in [0, 0.1) is 10.1 Å². The van der Waals surface area contributed by atoms with Crippen molar-refractivity contribution >= 4 is 39.8 Å². The Hall–Kier alpha value is -4.00. The minimum absolute atomic E-state index is 0.0675. The van der Waals surface area contributed by atoms with Crippen molar-refractivity contribution in [1.82, 2.24) is 0 Å². The molecule has 7 nitrogen and oxygen atoms in total. The molecule has 7 heteroatoms. The topological polar surface area (TPSA) is 85.0 Å². The number of ether oxygens (including phenoxy) is 1. The molecule has 1 amide bonds. The van der Waals surface area contributed by atoms with Crippen LogP contribution < -0.4 is 9.75 Å². The van der Waals surface area contributed by atoms with Gasteiger partial charge in [0.25, 0.3) is 11.6 Å². The number of fused-ring (bicyclic) bond motifs is 1. The highest BCUT2D eigenvalue weighted by Crippen LogP contribution is 2.31. The number of hydrogen-bond donors (Lipinski definition) is 0. The molecule has 4 rings (SSSR count). The predicted molar refractivity (Wildman–Crippen MR) is 121 cm³/mol.